The predicted octanol–water partition coefficient (Wildman–Crippen LogP) is 2.63. The number of halogens is 1. The summed E-state index contributed by atoms with van der Waals surface area (Å²) in [6.07, 6.45) is 1.57. The first-order valence-corrected chi connectivity index (χ1v) is 9.09. The minimum Gasteiger partial charge on any atom is -0.508 e. The number of nitrogens with one attached hydrogen (secondary N) is 1. The lowest BCUT2D eigenvalue weighted by Gasteiger charge is -2.29. The Morgan fingerprint density at radius 3 is 2.77 bits per heavy atom. The van der Waals surface area contributed by atoms with Crippen LogP contribution in [0.5, 0.6) is 11.5 Å². The van der Waals surface area contributed by atoms with E-state index in [1.54, 1.807) is 24.3 Å². The lowest BCUT2D eigenvalue weighted by Crippen LogP contribution is -2.45. The van der Waals surface area contributed by atoms with E-state index in [1.807, 2.05) is 18.2 Å². The second kappa shape index (κ2) is 8.23. The summed E-state index contributed by atoms with van der Waals surface area (Å²) in [5.41, 5.74) is 1.70. The molecule has 6 nitrogen and oxygen atoms in total. The molecule has 1 aliphatic heterocycles. The molecule has 1 aliphatic rings. The van der Waals surface area contributed by atoms with Gasteiger partial charge in [0.25, 0.3) is 5.91 Å². The van der Waals surface area contributed by atoms with Crippen molar-refractivity contribution in [1.29, 1.82) is 0 Å². The Labute approximate surface area is 159 Å². The van der Waals surface area contributed by atoms with Crippen molar-refractivity contribution in [2.45, 2.75) is 12.8 Å². The molecule has 26 heavy (non-hydrogen) atoms. The quantitative estimate of drug-likeness (QED) is 0.706. The Hall–Kier alpha value is -2.54. The highest BCUT2D eigenvalue weighted by Gasteiger charge is 2.27. The molecule has 0 atom stereocenters. The number of carbonyl (C=O) groups excluding carboxylic acids is 2. The summed E-state index contributed by atoms with van der Waals surface area (Å²) in [4.78, 5) is 25.8. The molecule has 0 spiro atoms. The summed E-state index contributed by atoms with van der Waals surface area (Å²) in [7, 11) is 0. The molecule has 0 unspecified atom stereocenters. The van der Waals surface area contributed by atoms with Gasteiger partial charge in [0, 0.05) is 11.0 Å². The summed E-state index contributed by atoms with van der Waals surface area (Å²) in [6.45, 7) is 0.416. The van der Waals surface area contributed by atoms with E-state index in [-0.39, 0.29) is 30.7 Å². The molecule has 136 valence electrons. The Morgan fingerprint density at radius 1 is 1.23 bits per heavy atom. The number of hydrogen-bond donors (Lipinski definition) is 2. The van der Waals surface area contributed by atoms with Crippen LogP contribution in [-0.4, -0.2) is 36.6 Å². The van der Waals surface area contributed by atoms with Crippen molar-refractivity contribution in [1.82, 2.24) is 5.32 Å². The summed E-state index contributed by atoms with van der Waals surface area (Å²) in [6, 6.07) is 12.4. The molecule has 2 aromatic rings. The van der Waals surface area contributed by atoms with Crippen LogP contribution >= 0.6 is 15.9 Å². The number of aromatic hydroxyl groups is 1. The molecular formula is C19H19BrN2O4. The van der Waals surface area contributed by atoms with Crippen LogP contribution in [0.4, 0.5) is 5.69 Å². The van der Waals surface area contributed by atoms with E-state index >= 15 is 0 Å². The summed E-state index contributed by atoms with van der Waals surface area (Å²) >= 11 is 3.36. The van der Waals surface area contributed by atoms with Gasteiger partial charge in [0.15, 0.2) is 6.61 Å². The first kappa shape index (κ1) is 18.3. The number of nitrogens with zero attached hydrogens (tertiary/aromatic N) is 1. The van der Waals surface area contributed by atoms with Crippen molar-refractivity contribution in [3.05, 3.63) is 52.5 Å². The lowest BCUT2D eigenvalue weighted by atomic mass is 10.1. The van der Waals surface area contributed by atoms with Crippen molar-refractivity contribution < 1.29 is 19.4 Å². The van der Waals surface area contributed by atoms with Crippen LogP contribution in [0.3, 0.4) is 0 Å². The smallest absolute Gasteiger partial charge is 0.265 e. The van der Waals surface area contributed by atoms with Crippen LogP contribution in [-0.2, 0) is 16.0 Å². The fourth-order valence-electron chi connectivity index (χ4n) is 2.73. The summed E-state index contributed by atoms with van der Waals surface area (Å²) < 4.78 is 6.26. The van der Waals surface area contributed by atoms with Crippen molar-refractivity contribution in [2.24, 2.45) is 0 Å². The van der Waals surface area contributed by atoms with Crippen molar-refractivity contribution >= 4 is 33.4 Å². The van der Waals surface area contributed by atoms with E-state index in [0.29, 0.717) is 18.0 Å². The van der Waals surface area contributed by atoms with Crippen LogP contribution in [0.1, 0.15) is 12.0 Å². The molecule has 7 heteroatoms. The Kier molecular flexibility index (Phi) is 5.78. The molecule has 1 heterocycles. The SMILES string of the molecule is O=C(CN1C(=O)COc2cc(Br)ccc21)NCCCc1ccc(O)cc1. The number of phenolic OH excluding ortho intramolecular Hbond substituents is 1. The molecule has 2 aromatic carbocycles. The monoisotopic (exact) mass is 418 g/mol. The van der Waals surface area contributed by atoms with Gasteiger partial charge in [-0.05, 0) is 48.7 Å². The normalized spacial score (nSPS) is 13.1. The molecule has 2 amide bonds. The molecular weight excluding hydrogens is 400 g/mol. The largest absolute Gasteiger partial charge is 0.508 e. The van der Waals surface area contributed by atoms with Crippen molar-refractivity contribution in [3.63, 3.8) is 0 Å². The number of anilines is 1. The zero-order chi connectivity index (χ0) is 18.5. The lowest BCUT2D eigenvalue weighted by molar-refractivity contribution is -0.125. The molecule has 3 rings (SSSR count). The van der Waals surface area contributed by atoms with E-state index < -0.39 is 0 Å². The number of carbonyl (C=O) groups is 2. The van der Waals surface area contributed by atoms with Gasteiger partial charge in [0.2, 0.25) is 5.91 Å². The fourth-order valence-corrected chi connectivity index (χ4v) is 3.07. The van der Waals surface area contributed by atoms with Gasteiger partial charge in [0.05, 0.1) is 5.69 Å². The highest BCUT2D eigenvalue weighted by Crippen LogP contribution is 2.34. The number of rotatable bonds is 6. The maximum atomic E-state index is 12.2. The standard InChI is InChI=1S/C19H19BrN2O4/c20-14-5-8-16-17(10-14)26-12-19(25)22(16)11-18(24)21-9-1-2-13-3-6-15(23)7-4-13/h3-8,10,23H,1-2,9,11-12H2,(H,21,24). The summed E-state index contributed by atoms with van der Waals surface area (Å²) in [5.74, 6) is 0.377. The van der Waals surface area contributed by atoms with E-state index in [2.05, 4.69) is 21.2 Å². The third kappa shape index (κ3) is 4.54. The van der Waals surface area contributed by atoms with Crippen molar-refractivity contribution in [2.75, 3.05) is 24.6 Å². The molecule has 0 bridgehead atoms. The molecule has 0 aliphatic carbocycles. The highest BCUT2D eigenvalue weighted by molar-refractivity contribution is 9.10. The first-order chi connectivity index (χ1) is 12.5. The minimum absolute atomic E-state index is 0.0317. The van der Waals surface area contributed by atoms with Gasteiger partial charge in [-0.25, -0.2) is 0 Å². The second-order valence-corrected chi connectivity index (χ2v) is 6.92. The average molecular weight is 419 g/mol. The molecule has 2 N–H and O–H groups in total. The second-order valence-electron chi connectivity index (χ2n) is 6.00. The first-order valence-electron chi connectivity index (χ1n) is 8.30. The molecule has 0 radical (unpaired) electrons. The third-order valence-corrected chi connectivity index (χ3v) is 4.56. The summed E-state index contributed by atoms with van der Waals surface area (Å²) in [5, 5.41) is 12.1. The highest BCUT2D eigenvalue weighted by atomic mass is 79.9. The van der Waals surface area contributed by atoms with Crippen LogP contribution in [0.25, 0.3) is 0 Å². The number of benzene rings is 2. The predicted molar refractivity (Wildman–Crippen MR) is 101 cm³/mol. The van der Waals surface area contributed by atoms with E-state index in [0.717, 1.165) is 22.9 Å². The Balaban J connectivity index is 1.50. The number of aryl methyl sites for hydroxylation is 1. The topological polar surface area (TPSA) is 78.9 Å². The van der Waals surface area contributed by atoms with Crippen LogP contribution < -0.4 is 15.0 Å². The van der Waals surface area contributed by atoms with Crippen LogP contribution in [0.2, 0.25) is 0 Å². The third-order valence-electron chi connectivity index (χ3n) is 4.07. The number of fused-ring (bicyclic) bond motifs is 1. The number of phenols is 1. The maximum Gasteiger partial charge on any atom is 0.265 e. The molecule has 0 fully saturated rings. The van der Waals surface area contributed by atoms with Gasteiger partial charge >= 0.3 is 0 Å². The Bertz CT molecular complexity index is 808. The van der Waals surface area contributed by atoms with Gasteiger partial charge in [-0.15, -0.1) is 0 Å². The fraction of sp³-hybridized carbons (Fsp3) is 0.263. The number of hydrogen-bond acceptors (Lipinski definition) is 4. The maximum absolute atomic E-state index is 12.2. The minimum atomic E-state index is -0.237. The van der Waals surface area contributed by atoms with Gasteiger partial charge in [-0.2, -0.15) is 0 Å². The number of ether oxygens (including phenoxy) is 1. The zero-order valence-electron chi connectivity index (χ0n) is 14.1. The van der Waals surface area contributed by atoms with Gasteiger partial charge in [-0.3, -0.25) is 14.5 Å². The van der Waals surface area contributed by atoms with Gasteiger partial charge in [-0.1, -0.05) is 28.1 Å². The van der Waals surface area contributed by atoms with E-state index in [9.17, 15) is 14.7 Å². The van der Waals surface area contributed by atoms with Crippen LogP contribution in [0.15, 0.2) is 46.9 Å². The van der Waals surface area contributed by atoms with E-state index in [1.165, 1.54) is 4.90 Å². The van der Waals surface area contributed by atoms with Crippen LogP contribution in [0, 0.1) is 0 Å². The molecule has 0 saturated carbocycles. The zero-order valence-corrected chi connectivity index (χ0v) is 15.7. The van der Waals surface area contributed by atoms with Gasteiger partial charge < -0.3 is 15.2 Å². The molecule has 0 saturated heterocycles. The van der Waals surface area contributed by atoms with E-state index in [4.69, 9.17) is 4.74 Å². The average Bonchev–Trinajstić information content (AvgIpc) is 2.62. The van der Waals surface area contributed by atoms with Crippen molar-refractivity contribution in [3.8, 4) is 11.5 Å². The molecule has 0 aromatic heterocycles. The Morgan fingerprint density at radius 2 is 2.00 bits per heavy atom. The number of amides is 2. The van der Waals surface area contributed by atoms with Gasteiger partial charge in [0.1, 0.15) is 18.0 Å².